The highest BCUT2D eigenvalue weighted by molar-refractivity contribution is 5.06. The zero-order chi connectivity index (χ0) is 11.6. The second-order valence-corrected chi connectivity index (χ2v) is 3.34. The molecule has 0 bridgehead atoms. The van der Waals surface area contributed by atoms with E-state index in [0.717, 1.165) is 18.7 Å². The van der Waals surface area contributed by atoms with Gasteiger partial charge in [0.1, 0.15) is 6.61 Å². The number of hydrogen-bond acceptors (Lipinski definition) is 5. The third-order valence-corrected chi connectivity index (χ3v) is 1.87. The molecule has 0 fully saturated rings. The summed E-state index contributed by atoms with van der Waals surface area (Å²) in [6, 6.07) is 0. The second-order valence-electron chi connectivity index (χ2n) is 3.34. The molecule has 0 spiro atoms. The van der Waals surface area contributed by atoms with Gasteiger partial charge in [-0.25, -0.2) is 4.98 Å². The summed E-state index contributed by atoms with van der Waals surface area (Å²) < 4.78 is 10.7. The lowest BCUT2D eigenvalue weighted by Gasteiger charge is -2.05. The molecular weight excluding hydrogens is 206 g/mol. The first-order valence-corrected chi connectivity index (χ1v) is 5.53. The molecule has 0 saturated heterocycles. The summed E-state index contributed by atoms with van der Waals surface area (Å²) in [6.45, 7) is 4.67. The van der Waals surface area contributed by atoms with Gasteiger partial charge in [-0.3, -0.25) is 4.98 Å². The lowest BCUT2D eigenvalue weighted by Crippen LogP contribution is -2.10. The molecule has 0 saturated carbocycles. The standard InChI is InChI=1S/C11H19N3O2/c1-3-4-15-5-6-16-11-9-13-10(7-12-2)8-14-11/h8-9,12H,3-7H2,1-2H3. The Morgan fingerprint density at radius 1 is 1.19 bits per heavy atom. The van der Waals surface area contributed by atoms with Gasteiger partial charge >= 0.3 is 0 Å². The van der Waals surface area contributed by atoms with Gasteiger partial charge in [0, 0.05) is 13.2 Å². The van der Waals surface area contributed by atoms with E-state index >= 15 is 0 Å². The number of aromatic nitrogens is 2. The van der Waals surface area contributed by atoms with Gasteiger partial charge in [-0.2, -0.15) is 0 Å². The molecule has 0 aliphatic heterocycles. The maximum atomic E-state index is 5.37. The minimum atomic E-state index is 0.514. The van der Waals surface area contributed by atoms with Gasteiger partial charge in [0.2, 0.25) is 5.88 Å². The predicted molar refractivity (Wildman–Crippen MR) is 61.4 cm³/mol. The van der Waals surface area contributed by atoms with Gasteiger partial charge < -0.3 is 14.8 Å². The largest absolute Gasteiger partial charge is 0.474 e. The lowest BCUT2D eigenvalue weighted by atomic mass is 10.4. The van der Waals surface area contributed by atoms with Crippen molar-refractivity contribution in [3.05, 3.63) is 18.1 Å². The number of ether oxygens (including phenoxy) is 2. The van der Waals surface area contributed by atoms with Gasteiger partial charge in [-0.1, -0.05) is 6.92 Å². The third-order valence-electron chi connectivity index (χ3n) is 1.87. The summed E-state index contributed by atoms with van der Waals surface area (Å²) in [5, 5.41) is 3.01. The number of nitrogens with zero attached hydrogens (tertiary/aromatic N) is 2. The van der Waals surface area contributed by atoms with Gasteiger partial charge in [-0.05, 0) is 13.5 Å². The molecule has 0 aliphatic carbocycles. The third kappa shape index (κ3) is 5.04. The normalized spacial score (nSPS) is 10.4. The van der Waals surface area contributed by atoms with Crippen LogP contribution in [0.2, 0.25) is 0 Å². The molecule has 0 aliphatic rings. The number of nitrogens with one attached hydrogen (secondary N) is 1. The molecule has 1 heterocycles. The highest BCUT2D eigenvalue weighted by atomic mass is 16.5. The summed E-state index contributed by atoms with van der Waals surface area (Å²) in [5.74, 6) is 0.542. The van der Waals surface area contributed by atoms with E-state index in [2.05, 4.69) is 22.2 Å². The first-order valence-electron chi connectivity index (χ1n) is 5.53. The Labute approximate surface area is 96.2 Å². The summed E-state index contributed by atoms with van der Waals surface area (Å²) in [6.07, 6.45) is 4.36. The Morgan fingerprint density at radius 3 is 2.69 bits per heavy atom. The Morgan fingerprint density at radius 2 is 2.06 bits per heavy atom. The summed E-state index contributed by atoms with van der Waals surface area (Å²) >= 11 is 0. The van der Waals surface area contributed by atoms with Crippen molar-refractivity contribution < 1.29 is 9.47 Å². The van der Waals surface area contributed by atoms with Crippen molar-refractivity contribution in [1.82, 2.24) is 15.3 Å². The maximum Gasteiger partial charge on any atom is 0.232 e. The molecular formula is C11H19N3O2. The molecule has 90 valence electrons. The van der Waals surface area contributed by atoms with E-state index in [1.165, 1.54) is 0 Å². The van der Waals surface area contributed by atoms with Gasteiger partial charge in [0.05, 0.1) is 24.7 Å². The van der Waals surface area contributed by atoms with Crippen molar-refractivity contribution >= 4 is 0 Å². The first kappa shape index (κ1) is 12.9. The van der Waals surface area contributed by atoms with Crippen LogP contribution < -0.4 is 10.1 Å². The van der Waals surface area contributed by atoms with Crippen molar-refractivity contribution in [2.75, 3.05) is 26.9 Å². The van der Waals surface area contributed by atoms with E-state index in [1.54, 1.807) is 12.4 Å². The Balaban J connectivity index is 2.21. The van der Waals surface area contributed by atoms with Gasteiger partial charge in [0.25, 0.3) is 0 Å². The zero-order valence-corrected chi connectivity index (χ0v) is 9.90. The van der Waals surface area contributed by atoms with Crippen LogP contribution >= 0.6 is 0 Å². The van der Waals surface area contributed by atoms with Crippen LogP contribution in [0, 0.1) is 0 Å². The Bertz CT molecular complexity index is 277. The molecule has 0 unspecified atom stereocenters. The van der Waals surface area contributed by atoms with Crippen LogP contribution in [0.4, 0.5) is 0 Å². The minimum Gasteiger partial charge on any atom is -0.474 e. The summed E-state index contributed by atoms with van der Waals surface area (Å²) in [7, 11) is 1.87. The summed E-state index contributed by atoms with van der Waals surface area (Å²) in [5.41, 5.74) is 0.900. The van der Waals surface area contributed by atoms with E-state index in [-0.39, 0.29) is 0 Å². The molecule has 16 heavy (non-hydrogen) atoms. The van der Waals surface area contributed by atoms with Crippen LogP contribution in [0.5, 0.6) is 5.88 Å². The Hall–Kier alpha value is -1.20. The molecule has 0 amide bonds. The quantitative estimate of drug-likeness (QED) is 0.669. The fourth-order valence-electron chi connectivity index (χ4n) is 1.14. The van der Waals surface area contributed by atoms with E-state index in [4.69, 9.17) is 9.47 Å². The van der Waals surface area contributed by atoms with Gasteiger partial charge in [-0.15, -0.1) is 0 Å². The average Bonchev–Trinajstić information content (AvgIpc) is 2.31. The topological polar surface area (TPSA) is 56.3 Å². The van der Waals surface area contributed by atoms with Crippen molar-refractivity contribution in [3.8, 4) is 5.88 Å². The molecule has 0 radical (unpaired) electrons. The number of hydrogen-bond donors (Lipinski definition) is 1. The second kappa shape index (κ2) is 8.01. The zero-order valence-electron chi connectivity index (χ0n) is 9.90. The van der Waals surface area contributed by atoms with E-state index in [9.17, 15) is 0 Å². The molecule has 1 rings (SSSR count). The minimum absolute atomic E-state index is 0.514. The highest BCUT2D eigenvalue weighted by Gasteiger charge is 1.97. The van der Waals surface area contributed by atoms with Crippen molar-refractivity contribution in [2.45, 2.75) is 19.9 Å². The molecule has 1 aromatic rings. The van der Waals surface area contributed by atoms with E-state index in [1.807, 2.05) is 7.05 Å². The SMILES string of the molecule is CCCOCCOc1cnc(CNC)cn1. The van der Waals surface area contributed by atoms with Crippen molar-refractivity contribution in [2.24, 2.45) is 0 Å². The molecule has 1 aromatic heterocycles. The molecule has 1 N–H and O–H groups in total. The first-order chi connectivity index (χ1) is 7.86. The van der Waals surface area contributed by atoms with E-state index < -0.39 is 0 Å². The van der Waals surface area contributed by atoms with Crippen LogP contribution in [0.25, 0.3) is 0 Å². The van der Waals surface area contributed by atoms with Crippen LogP contribution in [0.1, 0.15) is 19.0 Å². The summed E-state index contributed by atoms with van der Waals surface area (Å²) in [4.78, 5) is 8.33. The molecule has 0 aromatic carbocycles. The van der Waals surface area contributed by atoms with Gasteiger partial charge in [0.15, 0.2) is 0 Å². The highest BCUT2D eigenvalue weighted by Crippen LogP contribution is 2.03. The Kier molecular flexibility index (Phi) is 6.44. The predicted octanol–water partition coefficient (Wildman–Crippen LogP) is 1.00. The maximum absolute atomic E-state index is 5.37. The van der Waals surface area contributed by atoms with Crippen LogP contribution in [-0.2, 0) is 11.3 Å². The molecule has 5 heteroatoms. The fraction of sp³-hybridized carbons (Fsp3) is 0.636. The van der Waals surface area contributed by atoms with E-state index in [0.29, 0.717) is 25.6 Å². The number of rotatable bonds is 8. The smallest absolute Gasteiger partial charge is 0.232 e. The van der Waals surface area contributed by atoms with Crippen molar-refractivity contribution in [3.63, 3.8) is 0 Å². The monoisotopic (exact) mass is 225 g/mol. The van der Waals surface area contributed by atoms with Crippen molar-refractivity contribution in [1.29, 1.82) is 0 Å². The van der Waals surface area contributed by atoms with Crippen LogP contribution in [-0.4, -0.2) is 36.8 Å². The average molecular weight is 225 g/mol. The van der Waals surface area contributed by atoms with Crippen LogP contribution in [0.15, 0.2) is 12.4 Å². The fourth-order valence-corrected chi connectivity index (χ4v) is 1.14. The lowest BCUT2D eigenvalue weighted by molar-refractivity contribution is 0.0988. The van der Waals surface area contributed by atoms with Crippen LogP contribution in [0.3, 0.4) is 0 Å². The molecule has 0 atom stereocenters. The molecule has 5 nitrogen and oxygen atoms in total.